The smallest absolute Gasteiger partial charge is 0.0452 e. The number of aryl methyl sites for hydroxylation is 2. The van der Waals surface area contributed by atoms with E-state index in [0.29, 0.717) is 17.8 Å². The summed E-state index contributed by atoms with van der Waals surface area (Å²) >= 11 is 0. The Balaban J connectivity index is 2.30. The molecule has 2 heteroatoms. The quantitative estimate of drug-likeness (QED) is 0.685. The molecular formula is C15H12N2. The molecule has 0 aliphatic heterocycles. The van der Waals surface area contributed by atoms with Gasteiger partial charge in [-0.15, -0.1) is 0 Å². The summed E-state index contributed by atoms with van der Waals surface area (Å²) in [7, 11) is 0. The van der Waals surface area contributed by atoms with Crippen molar-refractivity contribution in [3.05, 3.63) is 46.5 Å². The fourth-order valence-corrected chi connectivity index (χ4v) is 3.20. The highest BCUT2D eigenvalue weighted by Gasteiger charge is 2.25. The molecule has 0 fully saturated rings. The maximum Gasteiger partial charge on any atom is 0.0452 e. The van der Waals surface area contributed by atoms with E-state index in [1.165, 1.54) is 21.9 Å². The molecule has 2 nitrogen and oxygen atoms in total. The third-order valence-corrected chi connectivity index (χ3v) is 4.00. The second kappa shape index (κ2) is 2.83. The molecule has 2 N–H and O–H groups in total. The number of benzene rings is 2. The van der Waals surface area contributed by atoms with Gasteiger partial charge in [0.05, 0.1) is 0 Å². The maximum atomic E-state index is 8.06. The standard InChI is InChI=1S/C15H12N2/c16-12-7-13(17)11-6-4-9-2-1-8-3-5-10(12)15(11)14(8)9/h3-6,16-17H,1-2,7H2. The van der Waals surface area contributed by atoms with E-state index in [1.807, 2.05) is 0 Å². The van der Waals surface area contributed by atoms with Crippen LogP contribution in [0.1, 0.15) is 28.7 Å². The van der Waals surface area contributed by atoms with E-state index in [9.17, 15) is 0 Å². The van der Waals surface area contributed by atoms with Gasteiger partial charge in [-0.2, -0.15) is 0 Å². The summed E-state index contributed by atoms with van der Waals surface area (Å²) in [6, 6.07) is 8.49. The Morgan fingerprint density at radius 3 is 1.76 bits per heavy atom. The van der Waals surface area contributed by atoms with E-state index >= 15 is 0 Å². The molecule has 0 heterocycles. The maximum absolute atomic E-state index is 8.06. The predicted octanol–water partition coefficient (Wildman–Crippen LogP) is 3.08. The minimum Gasteiger partial charge on any atom is -0.304 e. The van der Waals surface area contributed by atoms with E-state index in [-0.39, 0.29) is 0 Å². The molecule has 2 aliphatic rings. The van der Waals surface area contributed by atoms with Crippen molar-refractivity contribution in [2.45, 2.75) is 19.3 Å². The van der Waals surface area contributed by atoms with E-state index in [2.05, 4.69) is 24.3 Å². The Labute approximate surface area is 99.3 Å². The van der Waals surface area contributed by atoms with Crippen LogP contribution in [0, 0.1) is 10.8 Å². The third-order valence-electron chi connectivity index (χ3n) is 4.00. The Hall–Kier alpha value is -1.96. The van der Waals surface area contributed by atoms with Crippen LogP contribution in [0.25, 0.3) is 10.8 Å². The Bertz CT molecular complexity index is 654. The normalized spacial score (nSPS) is 16.9. The molecule has 4 rings (SSSR count). The first-order valence-electron chi connectivity index (χ1n) is 5.99. The van der Waals surface area contributed by atoms with E-state index < -0.39 is 0 Å². The summed E-state index contributed by atoms with van der Waals surface area (Å²) in [4.78, 5) is 0. The van der Waals surface area contributed by atoms with Crippen molar-refractivity contribution in [2.75, 3.05) is 0 Å². The molecule has 2 aliphatic carbocycles. The Morgan fingerprint density at radius 1 is 0.706 bits per heavy atom. The van der Waals surface area contributed by atoms with Gasteiger partial charge in [0.1, 0.15) is 0 Å². The van der Waals surface area contributed by atoms with Crippen LogP contribution in [0.4, 0.5) is 0 Å². The number of hydrogen-bond acceptors (Lipinski definition) is 2. The van der Waals surface area contributed by atoms with Gasteiger partial charge < -0.3 is 10.8 Å². The number of rotatable bonds is 0. The zero-order chi connectivity index (χ0) is 11.6. The molecule has 2 aromatic rings. The minimum atomic E-state index is 0.473. The highest BCUT2D eigenvalue weighted by molar-refractivity contribution is 6.29. The molecule has 17 heavy (non-hydrogen) atoms. The van der Waals surface area contributed by atoms with E-state index in [4.69, 9.17) is 10.8 Å². The van der Waals surface area contributed by atoms with Crippen molar-refractivity contribution >= 4 is 22.2 Å². The summed E-state index contributed by atoms with van der Waals surface area (Å²) in [5.41, 5.74) is 6.06. The zero-order valence-corrected chi connectivity index (χ0v) is 9.43. The summed E-state index contributed by atoms with van der Waals surface area (Å²) in [6.45, 7) is 0. The predicted molar refractivity (Wildman–Crippen MR) is 69.6 cm³/mol. The molecule has 2 aromatic carbocycles. The van der Waals surface area contributed by atoms with Gasteiger partial charge >= 0.3 is 0 Å². The van der Waals surface area contributed by atoms with Crippen molar-refractivity contribution in [3.63, 3.8) is 0 Å². The van der Waals surface area contributed by atoms with Crippen LogP contribution in [-0.2, 0) is 12.8 Å². The fourth-order valence-electron chi connectivity index (χ4n) is 3.20. The number of hydrogen-bond donors (Lipinski definition) is 2. The average molecular weight is 220 g/mol. The zero-order valence-electron chi connectivity index (χ0n) is 9.43. The molecular weight excluding hydrogens is 208 g/mol. The Morgan fingerprint density at radius 2 is 1.24 bits per heavy atom. The summed E-state index contributed by atoms with van der Waals surface area (Å²) in [5, 5.41) is 18.6. The van der Waals surface area contributed by atoms with Crippen LogP contribution < -0.4 is 0 Å². The van der Waals surface area contributed by atoms with Crippen LogP contribution >= 0.6 is 0 Å². The van der Waals surface area contributed by atoms with Gasteiger partial charge in [-0.25, -0.2) is 0 Å². The highest BCUT2D eigenvalue weighted by Crippen LogP contribution is 2.37. The topological polar surface area (TPSA) is 47.7 Å². The second-order valence-corrected chi connectivity index (χ2v) is 4.93. The first kappa shape index (κ1) is 9.11. The van der Waals surface area contributed by atoms with Gasteiger partial charge in [0.15, 0.2) is 0 Å². The summed E-state index contributed by atoms with van der Waals surface area (Å²) in [6.07, 6.45) is 2.69. The SMILES string of the molecule is N=C1CC(=N)c2ccc3c4c(ccc1c24)CC3. The average Bonchev–Trinajstić information content (AvgIpc) is 2.74. The minimum absolute atomic E-state index is 0.473. The van der Waals surface area contributed by atoms with Crippen LogP contribution in [0.15, 0.2) is 24.3 Å². The molecule has 0 spiro atoms. The molecule has 0 unspecified atom stereocenters. The van der Waals surface area contributed by atoms with Gasteiger partial charge in [-0.1, -0.05) is 24.3 Å². The van der Waals surface area contributed by atoms with Crippen LogP contribution in [0.3, 0.4) is 0 Å². The van der Waals surface area contributed by atoms with Crippen molar-refractivity contribution in [2.24, 2.45) is 0 Å². The molecule has 0 radical (unpaired) electrons. The van der Waals surface area contributed by atoms with Crippen LogP contribution in [0.5, 0.6) is 0 Å². The van der Waals surface area contributed by atoms with Gasteiger partial charge in [0, 0.05) is 34.4 Å². The molecule has 0 aromatic heterocycles. The first-order valence-corrected chi connectivity index (χ1v) is 5.99. The molecule has 0 bridgehead atoms. The monoisotopic (exact) mass is 220 g/mol. The van der Waals surface area contributed by atoms with Gasteiger partial charge in [0.25, 0.3) is 0 Å². The van der Waals surface area contributed by atoms with Gasteiger partial charge in [-0.3, -0.25) is 0 Å². The lowest BCUT2D eigenvalue weighted by Crippen LogP contribution is -2.16. The first-order chi connectivity index (χ1) is 8.25. The lowest BCUT2D eigenvalue weighted by molar-refractivity contribution is 1.02. The molecule has 82 valence electrons. The summed E-state index contributed by atoms with van der Waals surface area (Å²) < 4.78 is 0. The molecule has 0 atom stereocenters. The van der Waals surface area contributed by atoms with Crippen LogP contribution in [-0.4, -0.2) is 11.4 Å². The lowest BCUT2D eigenvalue weighted by atomic mass is 9.84. The van der Waals surface area contributed by atoms with E-state index in [0.717, 1.165) is 24.0 Å². The van der Waals surface area contributed by atoms with Crippen LogP contribution in [0.2, 0.25) is 0 Å². The fraction of sp³-hybridized carbons (Fsp3) is 0.200. The Kier molecular flexibility index (Phi) is 1.52. The van der Waals surface area contributed by atoms with Gasteiger partial charge in [-0.05, 0) is 29.4 Å². The summed E-state index contributed by atoms with van der Waals surface area (Å²) in [5.74, 6) is 0. The highest BCUT2D eigenvalue weighted by atomic mass is 14.5. The van der Waals surface area contributed by atoms with Crippen molar-refractivity contribution in [1.29, 1.82) is 10.8 Å². The third kappa shape index (κ3) is 1.00. The lowest BCUT2D eigenvalue weighted by Gasteiger charge is -2.20. The van der Waals surface area contributed by atoms with E-state index in [1.54, 1.807) is 0 Å². The second-order valence-electron chi connectivity index (χ2n) is 4.93. The van der Waals surface area contributed by atoms with Crippen molar-refractivity contribution in [3.8, 4) is 0 Å². The van der Waals surface area contributed by atoms with Gasteiger partial charge in [0.2, 0.25) is 0 Å². The van der Waals surface area contributed by atoms with Crippen molar-refractivity contribution < 1.29 is 0 Å². The largest absolute Gasteiger partial charge is 0.304 e. The molecule has 0 amide bonds. The number of nitrogens with one attached hydrogen (secondary N) is 2. The molecule has 0 saturated heterocycles. The molecule has 0 saturated carbocycles. The van der Waals surface area contributed by atoms with Crippen molar-refractivity contribution in [1.82, 2.24) is 0 Å².